The Balaban J connectivity index is 7.58. The maximum Gasteiger partial charge on any atom is 0.410 e. The van der Waals surface area contributed by atoms with Gasteiger partial charge in [-0.2, -0.15) is 114 Å². The van der Waals surface area contributed by atoms with E-state index in [0.29, 0.717) is 0 Å². The third-order valence-corrected chi connectivity index (χ3v) is 5.56. The van der Waals surface area contributed by atoms with Gasteiger partial charge in [-0.15, -0.1) is 0 Å². The van der Waals surface area contributed by atoms with E-state index in [0.717, 1.165) is 0 Å². The van der Waals surface area contributed by atoms with Crippen molar-refractivity contribution < 1.29 is 138 Å². The Hall–Kier alpha value is -2.95. The molecule has 0 aromatic carbocycles. The highest BCUT2D eigenvalue weighted by Gasteiger charge is 3.00. The standard InChI is InChI=1S/C16H3F27O4/c17-1(2(44)45)4(18,19)6(22,23)8(26,27)10(30,31)12(34,35)14(38,39)16(42,43)15(40,41)13(36,37)11(32,33)9(28,29)7(24,25)5(20,21)3(46)47/h1H,(H,44,45)(H,46,47). The predicted octanol–water partition coefficient (Wildman–Crippen LogP) is 7.75. The SMILES string of the molecule is O=C(O)C(F)C(F)(F)C(F)(F)C(F)(F)C(F)(F)C(F)(F)C(F)(F)C(F)(F)C(F)(F)C(F)(F)C(F)(F)C(F)(F)C(F)(F)C(F)(F)C(=O)O. The van der Waals surface area contributed by atoms with E-state index in [1.807, 2.05) is 0 Å². The highest BCUT2D eigenvalue weighted by atomic mass is 19.4. The average Bonchev–Trinajstić information content (AvgIpc) is 2.86. The molecular formula is C16H3F27O4. The van der Waals surface area contributed by atoms with Crippen molar-refractivity contribution in [3.8, 4) is 0 Å². The van der Waals surface area contributed by atoms with E-state index >= 15 is 0 Å². The van der Waals surface area contributed by atoms with Crippen molar-refractivity contribution in [2.45, 2.75) is 83.2 Å². The first-order chi connectivity index (χ1) is 19.8. The molecule has 47 heavy (non-hydrogen) atoms. The number of alkyl halides is 27. The summed E-state index contributed by atoms with van der Waals surface area (Å²) in [4.78, 5) is 19.9. The van der Waals surface area contributed by atoms with Crippen LogP contribution in [0, 0.1) is 0 Å². The van der Waals surface area contributed by atoms with E-state index in [2.05, 4.69) is 0 Å². The monoisotopic (exact) mass is 772 g/mol. The van der Waals surface area contributed by atoms with Crippen LogP contribution in [0.25, 0.3) is 0 Å². The van der Waals surface area contributed by atoms with Gasteiger partial charge < -0.3 is 10.2 Å². The Bertz CT molecular complexity index is 1220. The summed E-state index contributed by atoms with van der Waals surface area (Å²) < 4.78 is 363. The number of hydrogen-bond donors (Lipinski definition) is 2. The lowest BCUT2D eigenvalue weighted by Gasteiger charge is -2.46. The molecule has 0 radical (unpaired) electrons. The summed E-state index contributed by atoms with van der Waals surface area (Å²) in [5, 5.41) is 15.5. The maximum absolute atomic E-state index is 13.7. The normalized spacial score (nSPS) is 17.1. The van der Waals surface area contributed by atoms with Crippen LogP contribution in [0.4, 0.5) is 119 Å². The van der Waals surface area contributed by atoms with Gasteiger partial charge in [0.25, 0.3) is 6.17 Å². The largest absolute Gasteiger partial charge is 0.479 e. The molecule has 0 heterocycles. The lowest BCUT2D eigenvalue weighted by Crippen LogP contribution is -2.79. The summed E-state index contributed by atoms with van der Waals surface area (Å²) in [6, 6.07) is 0. The lowest BCUT2D eigenvalue weighted by molar-refractivity contribution is -0.481. The highest BCUT2D eigenvalue weighted by molar-refractivity contribution is 5.77. The summed E-state index contributed by atoms with van der Waals surface area (Å²) in [5.41, 5.74) is 0. The van der Waals surface area contributed by atoms with Crippen LogP contribution in [0.15, 0.2) is 0 Å². The van der Waals surface area contributed by atoms with Gasteiger partial charge in [0.15, 0.2) is 0 Å². The highest BCUT2D eigenvalue weighted by Crippen LogP contribution is 2.68. The third kappa shape index (κ3) is 4.95. The topological polar surface area (TPSA) is 74.6 Å². The molecule has 0 saturated heterocycles. The second-order valence-electron chi connectivity index (χ2n) is 8.52. The van der Waals surface area contributed by atoms with Crippen molar-refractivity contribution in [3.63, 3.8) is 0 Å². The Labute approximate surface area is 235 Å². The minimum absolute atomic E-state index is 4.09. The van der Waals surface area contributed by atoms with Gasteiger partial charge in [0, 0.05) is 0 Å². The van der Waals surface area contributed by atoms with Crippen molar-refractivity contribution in [2.24, 2.45) is 0 Å². The average molecular weight is 772 g/mol. The predicted molar refractivity (Wildman–Crippen MR) is 84.5 cm³/mol. The van der Waals surface area contributed by atoms with Crippen molar-refractivity contribution >= 4 is 11.9 Å². The van der Waals surface area contributed by atoms with Gasteiger partial charge >= 0.3 is 88.9 Å². The van der Waals surface area contributed by atoms with E-state index in [-0.39, 0.29) is 0 Å². The Morgan fingerprint density at radius 2 is 0.511 bits per heavy atom. The van der Waals surface area contributed by atoms with Crippen molar-refractivity contribution in [1.82, 2.24) is 0 Å². The molecule has 1 atom stereocenters. The van der Waals surface area contributed by atoms with E-state index in [9.17, 15) is 128 Å². The molecule has 0 aliphatic heterocycles. The van der Waals surface area contributed by atoms with Crippen LogP contribution in [-0.4, -0.2) is 105 Å². The van der Waals surface area contributed by atoms with Crippen LogP contribution in [-0.2, 0) is 9.59 Å². The fraction of sp³-hybridized carbons (Fsp3) is 0.875. The molecule has 0 amide bonds. The molecule has 4 nitrogen and oxygen atoms in total. The van der Waals surface area contributed by atoms with E-state index in [4.69, 9.17) is 10.2 Å². The van der Waals surface area contributed by atoms with Crippen molar-refractivity contribution in [1.29, 1.82) is 0 Å². The fourth-order valence-electron chi connectivity index (χ4n) is 2.63. The number of halogens is 27. The number of hydrogen-bond acceptors (Lipinski definition) is 2. The minimum Gasteiger partial charge on any atom is -0.479 e. The molecule has 0 spiro atoms. The Kier molecular flexibility index (Phi) is 10.1. The van der Waals surface area contributed by atoms with Gasteiger partial charge in [-0.05, 0) is 0 Å². The second-order valence-corrected chi connectivity index (χ2v) is 8.52. The molecule has 0 aromatic rings. The Morgan fingerprint density at radius 1 is 0.340 bits per heavy atom. The van der Waals surface area contributed by atoms with E-state index in [1.165, 1.54) is 0 Å². The van der Waals surface area contributed by atoms with Crippen LogP contribution in [0.2, 0.25) is 0 Å². The second kappa shape index (κ2) is 10.8. The molecule has 280 valence electrons. The van der Waals surface area contributed by atoms with E-state index < -0.39 is 95.1 Å². The molecule has 0 aliphatic rings. The summed E-state index contributed by atoms with van der Waals surface area (Å²) in [7, 11) is 0. The van der Waals surface area contributed by atoms with Gasteiger partial charge in [0.1, 0.15) is 0 Å². The van der Waals surface area contributed by atoms with Crippen LogP contribution in [0.5, 0.6) is 0 Å². The van der Waals surface area contributed by atoms with E-state index in [1.54, 1.807) is 0 Å². The first-order valence-corrected chi connectivity index (χ1v) is 9.81. The van der Waals surface area contributed by atoms with Gasteiger partial charge in [-0.3, -0.25) is 0 Å². The molecule has 0 rings (SSSR count). The summed E-state index contributed by atoms with van der Waals surface area (Å²) in [5.74, 6) is -130. The molecule has 0 bridgehead atoms. The number of aliphatic carboxylic acids is 2. The van der Waals surface area contributed by atoms with Crippen molar-refractivity contribution in [3.05, 3.63) is 0 Å². The molecule has 0 saturated carbocycles. The fourth-order valence-corrected chi connectivity index (χ4v) is 2.63. The number of carbonyl (C=O) groups is 2. The van der Waals surface area contributed by atoms with Crippen LogP contribution in [0.3, 0.4) is 0 Å². The maximum atomic E-state index is 13.7. The van der Waals surface area contributed by atoms with Gasteiger partial charge in [0.2, 0.25) is 0 Å². The van der Waals surface area contributed by atoms with Gasteiger partial charge in [0.05, 0.1) is 0 Å². The molecule has 0 aromatic heterocycles. The summed E-state index contributed by atoms with van der Waals surface area (Å²) >= 11 is 0. The zero-order valence-electron chi connectivity index (χ0n) is 20.0. The number of carboxylic acid groups (broad SMARTS) is 2. The van der Waals surface area contributed by atoms with Crippen LogP contribution >= 0.6 is 0 Å². The minimum atomic E-state index is -9.95. The molecule has 0 aliphatic carbocycles. The quantitative estimate of drug-likeness (QED) is 0.167. The van der Waals surface area contributed by atoms with Gasteiger partial charge in [-0.25, -0.2) is 14.0 Å². The molecule has 2 N–H and O–H groups in total. The number of rotatable bonds is 15. The number of carboxylic acids is 2. The first-order valence-electron chi connectivity index (χ1n) is 9.81. The molecule has 31 heteroatoms. The smallest absolute Gasteiger partial charge is 0.410 e. The zero-order valence-corrected chi connectivity index (χ0v) is 20.0. The first kappa shape index (κ1) is 44.0. The van der Waals surface area contributed by atoms with Crippen LogP contribution < -0.4 is 0 Å². The zero-order chi connectivity index (χ0) is 39.2. The third-order valence-electron chi connectivity index (χ3n) is 5.56. The molecule has 1 unspecified atom stereocenters. The van der Waals surface area contributed by atoms with Crippen LogP contribution in [0.1, 0.15) is 0 Å². The Morgan fingerprint density at radius 3 is 0.681 bits per heavy atom. The summed E-state index contributed by atoms with van der Waals surface area (Å²) in [6.45, 7) is 0. The lowest BCUT2D eigenvalue weighted by atomic mass is 9.83. The van der Waals surface area contributed by atoms with Gasteiger partial charge in [-0.1, -0.05) is 0 Å². The van der Waals surface area contributed by atoms with Crippen molar-refractivity contribution in [2.75, 3.05) is 0 Å². The molecule has 0 fully saturated rings. The molecular weight excluding hydrogens is 769 g/mol. The summed E-state index contributed by atoms with van der Waals surface area (Å²) in [6.07, 6.45) is -5.96.